The summed E-state index contributed by atoms with van der Waals surface area (Å²) < 4.78 is 0. The monoisotopic (exact) mass is 221 g/mol. The maximum Gasteiger partial charge on any atom is 0.0733 e. The van der Waals surface area contributed by atoms with Gasteiger partial charge in [-0.05, 0) is 36.8 Å². The zero-order valence-corrected chi connectivity index (χ0v) is 10.5. The SMILES string of the molecule is Cc1ccccc1[C@@H](N)[C@@H](O)CCC(C)C. The number of aliphatic hydroxyl groups excluding tert-OH is 1. The molecule has 0 bridgehead atoms. The quantitative estimate of drug-likeness (QED) is 0.803. The van der Waals surface area contributed by atoms with Gasteiger partial charge in [0.15, 0.2) is 0 Å². The molecule has 0 fully saturated rings. The highest BCUT2D eigenvalue weighted by atomic mass is 16.3. The maximum atomic E-state index is 10.0. The van der Waals surface area contributed by atoms with Crippen LogP contribution in [-0.4, -0.2) is 11.2 Å². The zero-order chi connectivity index (χ0) is 12.1. The van der Waals surface area contributed by atoms with Gasteiger partial charge in [0.05, 0.1) is 12.1 Å². The Balaban J connectivity index is 2.63. The van der Waals surface area contributed by atoms with Crippen molar-refractivity contribution >= 4 is 0 Å². The van der Waals surface area contributed by atoms with Gasteiger partial charge in [0, 0.05) is 0 Å². The summed E-state index contributed by atoms with van der Waals surface area (Å²) in [5, 5.41) is 10.0. The molecular formula is C14H23NO. The van der Waals surface area contributed by atoms with Gasteiger partial charge in [0.2, 0.25) is 0 Å². The predicted octanol–water partition coefficient (Wildman–Crippen LogP) is 2.79. The van der Waals surface area contributed by atoms with E-state index in [1.807, 2.05) is 31.2 Å². The lowest BCUT2D eigenvalue weighted by molar-refractivity contribution is 0.128. The molecule has 1 aromatic rings. The summed E-state index contributed by atoms with van der Waals surface area (Å²) >= 11 is 0. The first-order valence-electron chi connectivity index (χ1n) is 6.01. The zero-order valence-electron chi connectivity index (χ0n) is 10.5. The van der Waals surface area contributed by atoms with E-state index >= 15 is 0 Å². The molecule has 2 atom stereocenters. The van der Waals surface area contributed by atoms with Crippen molar-refractivity contribution in [3.8, 4) is 0 Å². The lowest BCUT2D eigenvalue weighted by Gasteiger charge is -2.21. The first kappa shape index (κ1) is 13.2. The maximum absolute atomic E-state index is 10.0. The second-order valence-corrected chi connectivity index (χ2v) is 4.92. The van der Waals surface area contributed by atoms with Crippen LogP contribution in [-0.2, 0) is 0 Å². The van der Waals surface area contributed by atoms with Crippen LogP contribution in [0.1, 0.15) is 43.9 Å². The average molecular weight is 221 g/mol. The number of nitrogens with two attached hydrogens (primary N) is 1. The topological polar surface area (TPSA) is 46.2 Å². The third-order valence-corrected chi connectivity index (χ3v) is 3.00. The van der Waals surface area contributed by atoms with Gasteiger partial charge in [-0.2, -0.15) is 0 Å². The number of hydrogen-bond donors (Lipinski definition) is 2. The lowest BCUT2D eigenvalue weighted by Crippen LogP contribution is -2.27. The van der Waals surface area contributed by atoms with Crippen LogP contribution in [0.15, 0.2) is 24.3 Å². The van der Waals surface area contributed by atoms with Gasteiger partial charge < -0.3 is 10.8 Å². The van der Waals surface area contributed by atoms with Crippen molar-refractivity contribution in [1.82, 2.24) is 0 Å². The fourth-order valence-corrected chi connectivity index (χ4v) is 1.85. The molecule has 2 heteroatoms. The van der Waals surface area contributed by atoms with Crippen LogP contribution < -0.4 is 5.73 Å². The van der Waals surface area contributed by atoms with Gasteiger partial charge in [-0.1, -0.05) is 38.1 Å². The molecule has 1 rings (SSSR count). The number of aliphatic hydroxyl groups is 1. The van der Waals surface area contributed by atoms with Crippen LogP contribution in [0.25, 0.3) is 0 Å². The van der Waals surface area contributed by atoms with Crippen molar-refractivity contribution in [1.29, 1.82) is 0 Å². The summed E-state index contributed by atoms with van der Waals surface area (Å²) in [5.41, 5.74) is 8.28. The van der Waals surface area contributed by atoms with Gasteiger partial charge in [-0.15, -0.1) is 0 Å². The summed E-state index contributed by atoms with van der Waals surface area (Å²) in [4.78, 5) is 0. The lowest BCUT2D eigenvalue weighted by atomic mass is 9.93. The average Bonchev–Trinajstić information content (AvgIpc) is 2.25. The van der Waals surface area contributed by atoms with Crippen LogP contribution >= 0.6 is 0 Å². The summed E-state index contributed by atoms with van der Waals surface area (Å²) in [6.07, 6.45) is 1.34. The highest BCUT2D eigenvalue weighted by Gasteiger charge is 2.18. The van der Waals surface area contributed by atoms with E-state index in [9.17, 15) is 5.11 Å². The molecule has 0 aromatic heterocycles. The third kappa shape index (κ3) is 3.62. The third-order valence-electron chi connectivity index (χ3n) is 3.00. The van der Waals surface area contributed by atoms with E-state index in [1.165, 1.54) is 0 Å². The molecule has 0 amide bonds. The summed E-state index contributed by atoms with van der Waals surface area (Å²) in [7, 11) is 0. The Kier molecular flexibility index (Phi) is 4.97. The van der Waals surface area contributed by atoms with Crippen LogP contribution in [0.2, 0.25) is 0 Å². The summed E-state index contributed by atoms with van der Waals surface area (Å²) in [5.74, 6) is 0.610. The number of hydrogen-bond acceptors (Lipinski definition) is 2. The van der Waals surface area contributed by atoms with Crippen LogP contribution in [0.3, 0.4) is 0 Å². The highest BCUT2D eigenvalue weighted by molar-refractivity contribution is 5.29. The molecule has 0 aliphatic heterocycles. The Morgan fingerprint density at radius 1 is 1.19 bits per heavy atom. The second-order valence-electron chi connectivity index (χ2n) is 4.92. The molecule has 2 nitrogen and oxygen atoms in total. The molecule has 0 saturated carbocycles. The van der Waals surface area contributed by atoms with Gasteiger partial charge >= 0.3 is 0 Å². The van der Waals surface area contributed by atoms with E-state index < -0.39 is 6.10 Å². The smallest absolute Gasteiger partial charge is 0.0733 e. The van der Waals surface area contributed by atoms with Crippen molar-refractivity contribution in [2.45, 2.75) is 45.8 Å². The van der Waals surface area contributed by atoms with E-state index in [4.69, 9.17) is 5.73 Å². The van der Waals surface area contributed by atoms with Crippen molar-refractivity contribution in [2.24, 2.45) is 11.7 Å². The second kappa shape index (κ2) is 6.02. The van der Waals surface area contributed by atoms with Crippen molar-refractivity contribution in [3.05, 3.63) is 35.4 Å². The molecule has 1 aromatic carbocycles. The Morgan fingerprint density at radius 2 is 1.81 bits per heavy atom. The minimum atomic E-state index is -0.441. The van der Waals surface area contributed by atoms with Crippen molar-refractivity contribution in [3.63, 3.8) is 0 Å². The minimum absolute atomic E-state index is 0.264. The Morgan fingerprint density at radius 3 is 2.38 bits per heavy atom. The molecule has 0 unspecified atom stereocenters. The fraction of sp³-hybridized carbons (Fsp3) is 0.571. The van der Waals surface area contributed by atoms with Gasteiger partial charge in [-0.3, -0.25) is 0 Å². The normalized spacial score (nSPS) is 15.1. The number of aryl methyl sites for hydroxylation is 1. The largest absolute Gasteiger partial charge is 0.391 e. The van der Waals surface area contributed by atoms with Crippen molar-refractivity contribution in [2.75, 3.05) is 0 Å². The molecule has 0 aliphatic carbocycles. The molecule has 3 N–H and O–H groups in total. The van der Waals surface area contributed by atoms with Gasteiger partial charge in [0.1, 0.15) is 0 Å². The van der Waals surface area contributed by atoms with E-state index in [1.54, 1.807) is 0 Å². The van der Waals surface area contributed by atoms with Crippen LogP contribution in [0.4, 0.5) is 0 Å². The molecule has 0 spiro atoms. The van der Waals surface area contributed by atoms with Crippen LogP contribution in [0.5, 0.6) is 0 Å². The first-order valence-corrected chi connectivity index (χ1v) is 6.01. The van der Waals surface area contributed by atoms with Gasteiger partial charge in [0.25, 0.3) is 0 Å². The molecular weight excluding hydrogens is 198 g/mol. The molecule has 0 heterocycles. The summed E-state index contributed by atoms with van der Waals surface area (Å²) in [6.45, 7) is 6.35. The number of rotatable bonds is 5. The Hall–Kier alpha value is -0.860. The first-order chi connectivity index (χ1) is 7.52. The minimum Gasteiger partial charge on any atom is -0.391 e. The molecule has 0 saturated heterocycles. The van der Waals surface area contributed by atoms with E-state index in [0.717, 1.165) is 24.0 Å². The highest BCUT2D eigenvalue weighted by Crippen LogP contribution is 2.21. The Labute approximate surface area is 98.5 Å². The molecule has 0 aliphatic rings. The standard InChI is InChI=1S/C14H23NO/c1-10(2)8-9-13(16)14(15)12-7-5-4-6-11(12)3/h4-7,10,13-14,16H,8-9,15H2,1-3H3/t13-,14+/m0/s1. The predicted molar refractivity (Wildman–Crippen MR) is 68.2 cm³/mol. The fourth-order valence-electron chi connectivity index (χ4n) is 1.85. The van der Waals surface area contributed by atoms with Gasteiger partial charge in [-0.25, -0.2) is 0 Å². The summed E-state index contributed by atoms with van der Waals surface area (Å²) in [6, 6.07) is 7.73. The molecule has 90 valence electrons. The molecule has 0 radical (unpaired) electrons. The molecule has 16 heavy (non-hydrogen) atoms. The van der Waals surface area contributed by atoms with Crippen LogP contribution in [0, 0.1) is 12.8 Å². The van der Waals surface area contributed by atoms with E-state index in [-0.39, 0.29) is 6.04 Å². The number of benzene rings is 1. The van der Waals surface area contributed by atoms with E-state index in [2.05, 4.69) is 13.8 Å². The van der Waals surface area contributed by atoms with E-state index in [0.29, 0.717) is 5.92 Å². The Bertz CT molecular complexity index is 322. The van der Waals surface area contributed by atoms with Crippen molar-refractivity contribution < 1.29 is 5.11 Å².